The molecule has 0 bridgehead atoms. The summed E-state index contributed by atoms with van der Waals surface area (Å²) in [6, 6.07) is 0. The van der Waals surface area contributed by atoms with Gasteiger partial charge < -0.3 is 14.9 Å². The summed E-state index contributed by atoms with van der Waals surface area (Å²) < 4.78 is 4.46. The van der Waals surface area contributed by atoms with Crippen molar-refractivity contribution in [2.75, 3.05) is 13.2 Å². The van der Waals surface area contributed by atoms with Crippen LogP contribution in [0.25, 0.3) is 0 Å². The van der Waals surface area contributed by atoms with Gasteiger partial charge in [-0.2, -0.15) is 0 Å². The number of hydrogen-bond acceptors (Lipinski definition) is 5. The van der Waals surface area contributed by atoms with Crippen LogP contribution in [0.4, 0.5) is 0 Å². The lowest BCUT2D eigenvalue weighted by Crippen LogP contribution is -2.13. The fourth-order valence-corrected chi connectivity index (χ4v) is 0.880. The second-order valence-electron chi connectivity index (χ2n) is 3.44. The van der Waals surface area contributed by atoms with Gasteiger partial charge in [0.25, 0.3) is 0 Å². The van der Waals surface area contributed by atoms with Crippen molar-refractivity contribution < 1.29 is 24.5 Å². The molecule has 0 saturated heterocycles. The summed E-state index contributed by atoms with van der Waals surface area (Å²) in [7, 11) is 0. The van der Waals surface area contributed by atoms with E-state index >= 15 is 0 Å². The lowest BCUT2D eigenvalue weighted by Gasteiger charge is -2.01. The highest BCUT2D eigenvalue weighted by Crippen LogP contribution is 2.03. The molecular formula is C12H16O5. The molecule has 0 aliphatic rings. The Labute approximate surface area is 99.7 Å². The quantitative estimate of drug-likeness (QED) is 0.316. The summed E-state index contributed by atoms with van der Waals surface area (Å²) in [6.45, 7) is 5.69. The maximum atomic E-state index is 11.4. The van der Waals surface area contributed by atoms with Crippen molar-refractivity contribution in [3.8, 4) is 0 Å². The predicted molar refractivity (Wildman–Crippen MR) is 60.9 cm³/mol. The van der Waals surface area contributed by atoms with Crippen molar-refractivity contribution in [2.24, 2.45) is 0 Å². The molecule has 0 radical (unpaired) electrons. The molecule has 94 valence electrons. The van der Waals surface area contributed by atoms with Crippen molar-refractivity contribution >= 4 is 11.9 Å². The second kappa shape index (κ2) is 7.57. The third-order valence-corrected chi connectivity index (χ3v) is 1.81. The van der Waals surface area contributed by atoms with Crippen LogP contribution in [0, 0.1) is 0 Å². The van der Waals surface area contributed by atoms with E-state index in [1.54, 1.807) is 0 Å². The Morgan fingerprint density at radius 1 is 1.24 bits per heavy atom. The Balaban J connectivity index is 4.85. The molecule has 0 spiro atoms. The first-order chi connectivity index (χ1) is 7.92. The van der Waals surface area contributed by atoms with Crippen LogP contribution in [0.15, 0.2) is 29.0 Å². The zero-order chi connectivity index (χ0) is 13.4. The van der Waals surface area contributed by atoms with Crippen molar-refractivity contribution in [1.82, 2.24) is 0 Å². The molecule has 0 aliphatic carbocycles. The third kappa shape index (κ3) is 5.82. The highest BCUT2D eigenvalue weighted by Gasteiger charge is 2.12. The van der Waals surface area contributed by atoms with Crippen LogP contribution in [0.3, 0.4) is 0 Å². The van der Waals surface area contributed by atoms with Crippen LogP contribution in [-0.4, -0.2) is 35.4 Å². The molecule has 17 heavy (non-hydrogen) atoms. The van der Waals surface area contributed by atoms with E-state index in [2.05, 4.69) is 17.0 Å². The molecule has 0 rings (SSSR count). The molecule has 0 saturated carbocycles. The van der Waals surface area contributed by atoms with Crippen molar-refractivity contribution in [1.29, 1.82) is 0 Å². The Bertz CT molecular complexity index is 386. The topological polar surface area (TPSA) is 83.8 Å². The molecule has 2 N–H and O–H groups in total. The van der Waals surface area contributed by atoms with Crippen molar-refractivity contribution in [3.05, 3.63) is 29.0 Å². The second-order valence-corrected chi connectivity index (χ2v) is 3.44. The van der Waals surface area contributed by atoms with E-state index in [0.717, 1.165) is 0 Å². The van der Waals surface area contributed by atoms with Gasteiger partial charge in [0.1, 0.15) is 0 Å². The van der Waals surface area contributed by atoms with Crippen LogP contribution >= 0.6 is 0 Å². The van der Waals surface area contributed by atoms with E-state index < -0.39 is 11.9 Å². The van der Waals surface area contributed by atoms with E-state index in [9.17, 15) is 9.59 Å². The SMILES string of the molecule is C=C(C)C(=O)OC(=O)C(C)=C=C(CO)CCO. The van der Waals surface area contributed by atoms with E-state index in [-0.39, 0.29) is 30.8 Å². The first-order valence-corrected chi connectivity index (χ1v) is 5.01. The normalized spacial score (nSPS) is 9.18. The highest BCUT2D eigenvalue weighted by atomic mass is 16.6. The fourth-order valence-electron chi connectivity index (χ4n) is 0.880. The molecular weight excluding hydrogens is 224 g/mol. The molecule has 0 atom stereocenters. The Morgan fingerprint density at radius 2 is 1.82 bits per heavy atom. The van der Waals surface area contributed by atoms with Gasteiger partial charge in [0.05, 0.1) is 12.2 Å². The van der Waals surface area contributed by atoms with Gasteiger partial charge in [-0.3, -0.25) is 0 Å². The molecule has 0 fully saturated rings. The van der Waals surface area contributed by atoms with Gasteiger partial charge in [0, 0.05) is 18.6 Å². The Kier molecular flexibility index (Phi) is 6.82. The molecule has 0 unspecified atom stereocenters. The minimum Gasteiger partial charge on any atom is -0.396 e. The van der Waals surface area contributed by atoms with Gasteiger partial charge >= 0.3 is 11.9 Å². The van der Waals surface area contributed by atoms with Crippen molar-refractivity contribution in [2.45, 2.75) is 20.3 Å². The molecule has 0 aromatic rings. The smallest absolute Gasteiger partial charge is 0.349 e. The molecule has 0 aromatic carbocycles. The van der Waals surface area contributed by atoms with Crippen LogP contribution < -0.4 is 0 Å². The van der Waals surface area contributed by atoms with E-state index in [4.69, 9.17) is 10.2 Å². The summed E-state index contributed by atoms with van der Waals surface area (Å²) in [5.74, 6) is -1.65. The number of esters is 2. The largest absolute Gasteiger partial charge is 0.396 e. The first kappa shape index (κ1) is 15.3. The van der Waals surface area contributed by atoms with Gasteiger partial charge in [-0.1, -0.05) is 6.58 Å². The third-order valence-electron chi connectivity index (χ3n) is 1.81. The minimum absolute atomic E-state index is 0.0529. The van der Waals surface area contributed by atoms with E-state index in [1.165, 1.54) is 13.8 Å². The standard InChI is InChI=1S/C12H16O5/c1-8(2)11(15)17-12(16)9(3)6-10(7-14)4-5-13/h13-14H,1,4-5,7H2,2-3H3. The predicted octanol–water partition coefficient (Wildman–Crippen LogP) is 0.479. The maximum Gasteiger partial charge on any atom is 0.349 e. The van der Waals surface area contributed by atoms with E-state index in [0.29, 0.717) is 5.57 Å². The average molecular weight is 240 g/mol. The lowest BCUT2D eigenvalue weighted by atomic mass is 10.2. The van der Waals surface area contributed by atoms with Gasteiger partial charge in [-0.25, -0.2) is 9.59 Å². The zero-order valence-electron chi connectivity index (χ0n) is 9.95. The van der Waals surface area contributed by atoms with Gasteiger partial charge in [-0.05, 0) is 19.4 Å². The first-order valence-electron chi connectivity index (χ1n) is 5.01. The Morgan fingerprint density at radius 3 is 2.24 bits per heavy atom. The van der Waals surface area contributed by atoms with Crippen LogP contribution in [0.2, 0.25) is 0 Å². The molecule has 0 amide bonds. The van der Waals surface area contributed by atoms with Crippen LogP contribution in [-0.2, 0) is 14.3 Å². The number of carbonyl (C=O) groups is 2. The average Bonchev–Trinajstić information content (AvgIpc) is 2.27. The van der Waals surface area contributed by atoms with E-state index in [1.807, 2.05) is 0 Å². The zero-order valence-corrected chi connectivity index (χ0v) is 9.95. The number of ether oxygens (including phenoxy) is 1. The maximum absolute atomic E-state index is 11.4. The fraction of sp³-hybridized carbons (Fsp3) is 0.417. The van der Waals surface area contributed by atoms with Gasteiger partial charge in [0.15, 0.2) is 0 Å². The summed E-state index contributed by atoms with van der Waals surface area (Å²) in [6.07, 6.45) is 0.204. The molecule has 0 aliphatic heterocycles. The monoisotopic (exact) mass is 240 g/mol. The number of aliphatic hydroxyl groups excluding tert-OH is 2. The van der Waals surface area contributed by atoms with Gasteiger partial charge in [0.2, 0.25) is 0 Å². The van der Waals surface area contributed by atoms with Gasteiger partial charge in [-0.15, -0.1) is 5.73 Å². The molecule has 0 heterocycles. The molecule has 0 aromatic heterocycles. The summed E-state index contributed by atoms with van der Waals surface area (Å²) >= 11 is 0. The number of aliphatic hydroxyl groups is 2. The molecule has 5 nitrogen and oxygen atoms in total. The minimum atomic E-state index is -0.845. The Hall–Kier alpha value is -1.68. The summed E-state index contributed by atoms with van der Waals surface area (Å²) in [4.78, 5) is 22.4. The van der Waals surface area contributed by atoms with Crippen LogP contribution in [0.5, 0.6) is 0 Å². The lowest BCUT2D eigenvalue weighted by molar-refractivity contribution is -0.153. The number of rotatable bonds is 5. The summed E-state index contributed by atoms with van der Waals surface area (Å²) in [5.41, 5.74) is 3.12. The highest BCUT2D eigenvalue weighted by molar-refractivity contribution is 6.00. The number of hydrogen-bond donors (Lipinski definition) is 2. The summed E-state index contributed by atoms with van der Waals surface area (Å²) in [5, 5.41) is 17.6. The number of carbonyl (C=O) groups excluding carboxylic acids is 2. The van der Waals surface area contributed by atoms with Crippen LogP contribution in [0.1, 0.15) is 20.3 Å². The molecule has 5 heteroatoms. The van der Waals surface area contributed by atoms with Crippen molar-refractivity contribution in [3.63, 3.8) is 0 Å².